The number of allylic oxidation sites excluding steroid dienone is 14. The second-order valence-electron chi connectivity index (χ2n) is 24.0. The van der Waals surface area contributed by atoms with Crippen LogP contribution in [0.4, 0.5) is 5.69 Å². The van der Waals surface area contributed by atoms with Crippen LogP contribution in [0.25, 0.3) is 11.0 Å². The van der Waals surface area contributed by atoms with E-state index in [4.69, 9.17) is 11.0 Å². The van der Waals surface area contributed by atoms with Crippen molar-refractivity contribution < 1.29 is 4.42 Å². The van der Waals surface area contributed by atoms with Crippen LogP contribution < -0.4 is 10.6 Å². The molecule has 0 radical (unpaired) electrons. The molecule has 0 spiro atoms. The lowest BCUT2D eigenvalue weighted by Gasteiger charge is -2.45. The summed E-state index contributed by atoms with van der Waals surface area (Å²) in [6, 6.07) is 4.90. The summed E-state index contributed by atoms with van der Waals surface area (Å²) in [6.45, 7) is 53.8. The number of benzene rings is 1. The van der Waals surface area contributed by atoms with Crippen LogP contribution in [0.3, 0.4) is 0 Å². The van der Waals surface area contributed by atoms with Gasteiger partial charge in [-0.15, -0.1) is 6.58 Å². The van der Waals surface area contributed by atoms with Crippen LogP contribution in [-0.4, -0.2) is 18.2 Å². The zero-order valence-corrected chi connectivity index (χ0v) is 45.9. The minimum absolute atomic E-state index is 0.00935. The number of hydrogen-bond donors (Lipinski definition) is 0. The summed E-state index contributed by atoms with van der Waals surface area (Å²) in [5, 5.41) is 1.18. The van der Waals surface area contributed by atoms with Crippen molar-refractivity contribution in [3.8, 4) is 0 Å². The number of fused-ring (bicyclic) bond motifs is 6. The average Bonchev–Trinajstić information content (AvgIpc) is 3.66. The molecule has 68 heavy (non-hydrogen) atoms. The van der Waals surface area contributed by atoms with Crippen molar-refractivity contribution >= 4 is 29.0 Å². The third-order valence-corrected chi connectivity index (χ3v) is 16.8. The smallest absolute Gasteiger partial charge is 0.289 e. The number of hydrogen-bond acceptors (Lipinski definition) is 3. The summed E-state index contributed by atoms with van der Waals surface area (Å²) in [7, 11) is 0. The molecule has 2 aliphatic heterocycles. The van der Waals surface area contributed by atoms with Gasteiger partial charge in [0, 0.05) is 35.7 Å². The number of rotatable bonds is 15. The van der Waals surface area contributed by atoms with E-state index in [1.807, 2.05) is 0 Å². The Balaban J connectivity index is 1.71. The Morgan fingerprint density at radius 2 is 1.53 bits per heavy atom. The van der Waals surface area contributed by atoms with E-state index in [-0.39, 0.29) is 28.4 Å². The molecule has 1 saturated carbocycles. The SMILES string of the molecule is C=CC(C/C=C/N1/C(=C/C(=C)C)C2=CN(CC(=C\C(CC)=C(/C)C(C)CC)/C(C)=C/C=C\C)C(/C=C3\C(=C)C(C)(C)CCC3(C)C)=CB2c2oc3cc4c(cc3c21)C(C)(C)CCC4(C)C)C(C)C. The average molecular weight is 913 g/mol. The molecule has 1 fully saturated rings. The van der Waals surface area contributed by atoms with Gasteiger partial charge in [-0.2, -0.15) is 0 Å². The molecule has 2 aliphatic carbocycles. The molecule has 364 valence electrons. The predicted octanol–water partition coefficient (Wildman–Crippen LogP) is 17.8. The molecule has 0 saturated heterocycles. The number of furan rings is 1. The maximum Gasteiger partial charge on any atom is 0.289 e. The molecule has 4 aliphatic rings. The van der Waals surface area contributed by atoms with Crippen LogP contribution in [0, 0.1) is 28.6 Å². The molecular weight excluding hydrogens is 824 g/mol. The third kappa shape index (κ3) is 10.6. The largest absolute Gasteiger partial charge is 0.468 e. The van der Waals surface area contributed by atoms with Crippen LogP contribution in [0.15, 0.2) is 159 Å². The quantitative estimate of drug-likeness (QED) is 0.101. The minimum Gasteiger partial charge on any atom is -0.468 e. The lowest BCUT2D eigenvalue weighted by Crippen LogP contribution is -2.46. The molecule has 1 aromatic heterocycles. The molecule has 3 nitrogen and oxygen atoms in total. The van der Waals surface area contributed by atoms with E-state index in [9.17, 15) is 0 Å². The predicted molar refractivity (Wildman–Crippen MR) is 301 cm³/mol. The van der Waals surface area contributed by atoms with Crippen LogP contribution in [0.5, 0.6) is 0 Å². The topological polar surface area (TPSA) is 19.6 Å². The Bertz CT molecular complexity index is 2590. The summed E-state index contributed by atoms with van der Waals surface area (Å²) in [5.74, 6) is 3.90. The normalized spacial score (nSPS) is 22.7. The first-order valence-electron chi connectivity index (χ1n) is 26.2. The second kappa shape index (κ2) is 20.3. The van der Waals surface area contributed by atoms with E-state index in [0.717, 1.165) is 73.1 Å². The maximum absolute atomic E-state index is 7.40. The Morgan fingerprint density at radius 1 is 0.897 bits per heavy atom. The summed E-state index contributed by atoms with van der Waals surface area (Å²) in [4.78, 5) is 4.98. The van der Waals surface area contributed by atoms with Gasteiger partial charge in [-0.3, -0.25) is 0 Å². The fraction of sp³-hybridized carbons (Fsp3) is 0.500. The van der Waals surface area contributed by atoms with Gasteiger partial charge in [0.25, 0.3) is 6.71 Å². The Morgan fingerprint density at radius 3 is 2.12 bits per heavy atom. The third-order valence-electron chi connectivity index (χ3n) is 16.8. The van der Waals surface area contributed by atoms with Crippen molar-refractivity contribution in [3.05, 3.63) is 166 Å². The lowest BCUT2D eigenvalue weighted by atomic mass is 9.39. The van der Waals surface area contributed by atoms with Gasteiger partial charge in [0.2, 0.25) is 0 Å². The molecule has 2 atom stereocenters. The van der Waals surface area contributed by atoms with E-state index in [0.29, 0.717) is 24.3 Å². The van der Waals surface area contributed by atoms with E-state index in [1.54, 1.807) is 0 Å². The Hall–Kier alpha value is -4.70. The van der Waals surface area contributed by atoms with Gasteiger partial charge in [0.05, 0.1) is 11.3 Å². The zero-order chi connectivity index (χ0) is 50.3. The van der Waals surface area contributed by atoms with Crippen molar-refractivity contribution in [2.75, 3.05) is 11.4 Å². The summed E-state index contributed by atoms with van der Waals surface area (Å²) in [6.07, 6.45) is 30.7. The van der Waals surface area contributed by atoms with Gasteiger partial charge in [-0.25, -0.2) is 0 Å². The van der Waals surface area contributed by atoms with Crippen molar-refractivity contribution in [2.24, 2.45) is 28.6 Å². The van der Waals surface area contributed by atoms with Gasteiger partial charge in [-0.1, -0.05) is 157 Å². The van der Waals surface area contributed by atoms with Crippen LogP contribution in [-0.2, 0) is 10.8 Å². The first kappa shape index (κ1) is 52.7. The molecule has 4 heteroatoms. The highest BCUT2D eigenvalue weighted by atomic mass is 16.3. The summed E-state index contributed by atoms with van der Waals surface area (Å²) < 4.78 is 7.40. The van der Waals surface area contributed by atoms with Gasteiger partial charge in [-0.05, 0) is 181 Å². The van der Waals surface area contributed by atoms with E-state index in [2.05, 4.69) is 220 Å². The second-order valence-corrected chi connectivity index (χ2v) is 24.0. The van der Waals surface area contributed by atoms with Gasteiger partial charge in [0.15, 0.2) is 0 Å². The Kier molecular flexibility index (Phi) is 15.8. The molecule has 2 unspecified atom stereocenters. The first-order chi connectivity index (χ1) is 31.8. The number of nitrogens with zero attached hydrogens (tertiary/aromatic N) is 2. The standard InChI is InChI=1S/C64H89BN2O/c1-21-25-27-45(10)50(35-49(24-4)46(11)44(9)22-2)40-66-41-56-57(34-42(5)6)67(33-26-28-48(23-3)43(7)8)59-52-37-54-55(64(19,20)32-31-63(54,17)18)38-58(52)68-60(59)65(56)39-51(66)36-53-47(12)61(13,14)29-30-62(53,15)16/h21,23,25-27,33-39,41,43-44,48H,3,5,12,22,24,28-32,40H2,1-2,4,6-11,13-20H3/b25-21-,33-26+,45-27+,49-46+,50-35+,53-36+,57-34+. The molecule has 1 aromatic carbocycles. The molecule has 0 bridgehead atoms. The first-order valence-corrected chi connectivity index (χ1v) is 26.2. The monoisotopic (exact) mass is 913 g/mol. The molecule has 3 heterocycles. The Labute approximate surface area is 415 Å². The fourth-order valence-corrected chi connectivity index (χ4v) is 11.0. The van der Waals surface area contributed by atoms with Crippen molar-refractivity contribution in [3.63, 3.8) is 0 Å². The van der Waals surface area contributed by atoms with E-state index >= 15 is 0 Å². The van der Waals surface area contributed by atoms with Gasteiger partial charge >= 0.3 is 0 Å². The highest BCUT2D eigenvalue weighted by Gasteiger charge is 2.45. The minimum atomic E-state index is -0.135. The maximum atomic E-state index is 7.40. The van der Waals surface area contributed by atoms with Crippen molar-refractivity contribution in [1.29, 1.82) is 0 Å². The van der Waals surface area contributed by atoms with Crippen LogP contribution in [0.1, 0.15) is 174 Å². The van der Waals surface area contributed by atoms with Crippen LogP contribution >= 0.6 is 0 Å². The van der Waals surface area contributed by atoms with Crippen LogP contribution in [0.2, 0.25) is 0 Å². The van der Waals surface area contributed by atoms with Gasteiger partial charge in [0.1, 0.15) is 5.58 Å². The van der Waals surface area contributed by atoms with Crippen molar-refractivity contribution in [2.45, 2.75) is 173 Å². The molecule has 6 rings (SSSR count). The fourth-order valence-electron chi connectivity index (χ4n) is 11.0. The molecule has 2 aromatic rings. The van der Waals surface area contributed by atoms with E-state index < -0.39 is 0 Å². The van der Waals surface area contributed by atoms with Gasteiger partial charge < -0.3 is 14.2 Å². The lowest BCUT2D eigenvalue weighted by molar-refractivity contribution is 0.260. The molecule has 0 N–H and O–H groups in total. The number of anilines is 1. The zero-order valence-electron chi connectivity index (χ0n) is 45.9. The van der Waals surface area contributed by atoms with E-state index in [1.165, 1.54) is 61.1 Å². The van der Waals surface area contributed by atoms with Crippen molar-refractivity contribution in [1.82, 2.24) is 4.90 Å². The molecule has 0 amide bonds. The highest BCUT2D eigenvalue weighted by molar-refractivity contribution is 6.86. The summed E-state index contributed by atoms with van der Waals surface area (Å²) >= 11 is 0. The summed E-state index contributed by atoms with van der Waals surface area (Å²) in [5.41, 5.74) is 18.6. The highest BCUT2D eigenvalue weighted by Crippen LogP contribution is 2.53. The molecular formula is C64H89BN2O.